The molecule has 0 aromatic heterocycles. The topological polar surface area (TPSA) is 55.1 Å². The number of benzene rings is 1. The third kappa shape index (κ3) is 4.30. The van der Waals surface area contributed by atoms with Gasteiger partial charge in [0.2, 0.25) is 5.91 Å². The minimum absolute atomic E-state index is 0.179. The summed E-state index contributed by atoms with van der Waals surface area (Å²) in [6.07, 6.45) is 2.67. The van der Waals surface area contributed by atoms with Crippen molar-refractivity contribution in [2.24, 2.45) is 5.73 Å². The minimum Gasteiger partial charge on any atom is -0.324 e. The molecule has 1 aromatic carbocycles. The first kappa shape index (κ1) is 14.5. The van der Waals surface area contributed by atoms with E-state index in [2.05, 4.69) is 28.2 Å². The normalized spacial score (nSPS) is 12.2. The molecule has 0 bridgehead atoms. The molecule has 1 amide bonds. The first-order chi connectivity index (χ1) is 8.06. The second-order valence-electron chi connectivity index (χ2n) is 3.84. The molecule has 0 aliphatic heterocycles. The van der Waals surface area contributed by atoms with Crippen molar-refractivity contribution in [2.45, 2.75) is 32.2 Å². The highest BCUT2D eigenvalue weighted by Crippen LogP contribution is 2.30. The summed E-state index contributed by atoms with van der Waals surface area (Å²) in [6, 6.07) is 4.83. The Morgan fingerprint density at radius 3 is 2.94 bits per heavy atom. The second-order valence-corrected chi connectivity index (χ2v) is 5.04. The molecule has 0 fully saturated rings. The molecule has 1 rings (SSSR count). The molecule has 3 nitrogen and oxygen atoms in total. The Morgan fingerprint density at radius 2 is 2.29 bits per heavy atom. The van der Waals surface area contributed by atoms with Gasteiger partial charge >= 0.3 is 0 Å². The first-order valence-corrected chi connectivity index (χ1v) is 6.73. The molecule has 0 heterocycles. The molecule has 1 unspecified atom stereocenters. The number of hydrogen-bond acceptors (Lipinski definition) is 2. The molecule has 0 aliphatic carbocycles. The number of unbranched alkanes of at least 4 members (excludes halogenated alkanes) is 1. The number of nitrogens with two attached hydrogens (primary N) is 1. The number of nitrogens with one attached hydrogen (secondary N) is 1. The fourth-order valence-corrected chi connectivity index (χ4v) is 1.92. The monoisotopic (exact) mass is 318 g/mol. The molecule has 5 heteroatoms. The van der Waals surface area contributed by atoms with E-state index in [1.165, 1.54) is 0 Å². The van der Waals surface area contributed by atoms with E-state index in [0.29, 0.717) is 21.6 Å². The Kier molecular flexibility index (Phi) is 5.95. The lowest BCUT2D eigenvalue weighted by molar-refractivity contribution is -0.117. The summed E-state index contributed by atoms with van der Waals surface area (Å²) in [7, 11) is 0. The fraction of sp³-hybridized carbons (Fsp3) is 0.417. The van der Waals surface area contributed by atoms with Crippen LogP contribution in [0.5, 0.6) is 0 Å². The zero-order valence-corrected chi connectivity index (χ0v) is 12.0. The lowest BCUT2D eigenvalue weighted by Crippen LogP contribution is -2.35. The van der Waals surface area contributed by atoms with Gasteiger partial charge in [-0.05, 0) is 34.5 Å². The summed E-state index contributed by atoms with van der Waals surface area (Å²) in [6.45, 7) is 2.07. The number of anilines is 1. The largest absolute Gasteiger partial charge is 0.324 e. The molecule has 0 saturated carbocycles. The summed E-state index contributed by atoms with van der Waals surface area (Å²) in [5, 5.41) is 3.32. The van der Waals surface area contributed by atoms with Crippen molar-refractivity contribution in [3.05, 3.63) is 27.7 Å². The number of rotatable bonds is 5. The summed E-state index contributed by atoms with van der Waals surface area (Å²) in [5.41, 5.74) is 6.43. The molecule has 1 atom stereocenters. The molecular weight excluding hydrogens is 304 g/mol. The Hall–Kier alpha value is -0.580. The highest BCUT2D eigenvalue weighted by Gasteiger charge is 2.14. The highest BCUT2D eigenvalue weighted by molar-refractivity contribution is 9.10. The molecule has 0 spiro atoms. The van der Waals surface area contributed by atoms with Crippen LogP contribution in [0.15, 0.2) is 22.7 Å². The van der Waals surface area contributed by atoms with Gasteiger partial charge in [-0.25, -0.2) is 0 Å². The van der Waals surface area contributed by atoms with Crippen LogP contribution in [0.3, 0.4) is 0 Å². The zero-order chi connectivity index (χ0) is 12.8. The predicted octanol–water partition coefficient (Wildman–Crippen LogP) is 3.56. The van der Waals surface area contributed by atoms with Crippen LogP contribution in [0.2, 0.25) is 5.02 Å². The van der Waals surface area contributed by atoms with Gasteiger partial charge < -0.3 is 11.1 Å². The Balaban J connectivity index is 2.64. The van der Waals surface area contributed by atoms with Crippen LogP contribution in [0.1, 0.15) is 26.2 Å². The summed E-state index contributed by atoms with van der Waals surface area (Å²) >= 11 is 9.25. The third-order valence-electron chi connectivity index (χ3n) is 2.41. The Labute approximate surface area is 115 Å². The van der Waals surface area contributed by atoms with Crippen molar-refractivity contribution in [3.63, 3.8) is 0 Å². The van der Waals surface area contributed by atoms with Gasteiger partial charge in [-0.15, -0.1) is 0 Å². The number of amides is 1. The summed E-state index contributed by atoms with van der Waals surface area (Å²) in [4.78, 5) is 11.8. The molecular formula is C12H16BrClN2O. The van der Waals surface area contributed by atoms with E-state index in [0.717, 1.165) is 12.8 Å². The quantitative estimate of drug-likeness (QED) is 0.872. The van der Waals surface area contributed by atoms with E-state index >= 15 is 0 Å². The Morgan fingerprint density at radius 1 is 1.59 bits per heavy atom. The van der Waals surface area contributed by atoms with Crippen LogP contribution in [-0.2, 0) is 4.79 Å². The van der Waals surface area contributed by atoms with E-state index in [-0.39, 0.29) is 5.91 Å². The average molecular weight is 320 g/mol. The maximum absolute atomic E-state index is 11.8. The van der Waals surface area contributed by atoms with Crippen LogP contribution in [0, 0.1) is 0 Å². The molecule has 17 heavy (non-hydrogen) atoms. The second kappa shape index (κ2) is 6.99. The van der Waals surface area contributed by atoms with E-state index in [1.807, 2.05) is 0 Å². The number of carbonyl (C=O) groups is 1. The third-order valence-corrected chi connectivity index (χ3v) is 3.81. The average Bonchev–Trinajstić information content (AvgIpc) is 2.31. The molecule has 3 N–H and O–H groups in total. The lowest BCUT2D eigenvalue weighted by Gasteiger charge is -2.13. The molecule has 0 saturated heterocycles. The van der Waals surface area contributed by atoms with Crippen molar-refractivity contribution < 1.29 is 4.79 Å². The highest BCUT2D eigenvalue weighted by atomic mass is 79.9. The van der Waals surface area contributed by atoms with Gasteiger partial charge in [0.05, 0.1) is 21.2 Å². The molecule has 0 aliphatic rings. The van der Waals surface area contributed by atoms with Crippen molar-refractivity contribution in [1.82, 2.24) is 0 Å². The van der Waals surface area contributed by atoms with Crippen molar-refractivity contribution in [2.75, 3.05) is 5.32 Å². The maximum atomic E-state index is 11.8. The number of halogens is 2. The van der Waals surface area contributed by atoms with Crippen molar-refractivity contribution in [3.8, 4) is 0 Å². The van der Waals surface area contributed by atoms with Crippen LogP contribution in [-0.4, -0.2) is 11.9 Å². The summed E-state index contributed by atoms with van der Waals surface area (Å²) < 4.78 is 0.678. The van der Waals surface area contributed by atoms with E-state index in [4.69, 9.17) is 17.3 Å². The van der Waals surface area contributed by atoms with Gasteiger partial charge in [-0.3, -0.25) is 4.79 Å². The van der Waals surface area contributed by atoms with Gasteiger partial charge in [-0.2, -0.15) is 0 Å². The van der Waals surface area contributed by atoms with Gasteiger partial charge in [0.15, 0.2) is 0 Å². The number of carbonyl (C=O) groups excluding carboxylic acids is 1. The van der Waals surface area contributed by atoms with Crippen molar-refractivity contribution in [1.29, 1.82) is 0 Å². The van der Waals surface area contributed by atoms with Gasteiger partial charge in [0.1, 0.15) is 0 Å². The fourth-order valence-electron chi connectivity index (χ4n) is 1.38. The summed E-state index contributed by atoms with van der Waals surface area (Å²) in [5.74, 6) is -0.179. The number of hydrogen-bond donors (Lipinski definition) is 2. The molecule has 0 radical (unpaired) electrons. The van der Waals surface area contributed by atoms with E-state index in [9.17, 15) is 4.79 Å². The van der Waals surface area contributed by atoms with E-state index < -0.39 is 6.04 Å². The molecule has 94 valence electrons. The van der Waals surface area contributed by atoms with Crippen LogP contribution in [0.4, 0.5) is 5.69 Å². The predicted molar refractivity (Wildman–Crippen MR) is 75.3 cm³/mol. The van der Waals surface area contributed by atoms with Crippen LogP contribution >= 0.6 is 27.5 Å². The van der Waals surface area contributed by atoms with Crippen LogP contribution in [0.25, 0.3) is 0 Å². The van der Waals surface area contributed by atoms with Crippen molar-refractivity contribution >= 4 is 39.1 Å². The Bertz CT molecular complexity index is 398. The van der Waals surface area contributed by atoms with Gasteiger partial charge in [-0.1, -0.05) is 37.4 Å². The molecule has 1 aromatic rings. The maximum Gasteiger partial charge on any atom is 0.241 e. The van der Waals surface area contributed by atoms with E-state index in [1.54, 1.807) is 18.2 Å². The van der Waals surface area contributed by atoms with Gasteiger partial charge in [0, 0.05) is 0 Å². The lowest BCUT2D eigenvalue weighted by atomic mass is 10.1. The first-order valence-electron chi connectivity index (χ1n) is 5.56. The van der Waals surface area contributed by atoms with Gasteiger partial charge in [0.25, 0.3) is 0 Å². The standard InChI is InChI=1S/C12H16BrClN2O/c1-2-3-6-9(15)12(17)16-10-7-4-5-8(14)11(10)13/h4-5,7,9H,2-3,6,15H2,1H3,(H,16,17). The van der Waals surface area contributed by atoms with Crippen LogP contribution < -0.4 is 11.1 Å². The smallest absolute Gasteiger partial charge is 0.241 e. The SMILES string of the molecule is CCCCC(N)C(=O)Nc1cccc(Cl)c1Br. The zero-order valence-electron chi connectivity index (χ0n) is 9.67. The minimum atomic E-state index is -0.471.